The van der Waals surface area contributed by atoms with E-state index in [2.05, 4.69) is 21.5 Å². The molecule has 4 rings (SSSR count). The van der Waals surface area contributed by atoms with Gasteiger partial charge in [0.25, 0.3) is 0 Å². The molecule has 5 nitrogen and oxygen atoms in total. The summed E-state index contributed by atoms with van der Waals surface area (Å²) in [5.74, 6) is 0.444. The molecule has 1 aromatic carbocycles. The van der Waals surface area contributed by atoms with Crippen molar-refractivity contribution in [1.82, 2.24) is 14.5 Å². The van der Waals surface area contributed by atoms with E-state index in [0.29, 0.717) is 5.92 Å². The monoisotopic (exact) mass is 427 g/mol. The molecule has 1 heterocycles. The van der Waals surface area contributed by atoms with Crippen LogP contribution in [0.3, 0.4) is 0 Å². The third-order valence-electron chi connectivity index (χ3n) is 6.58. The first-order chi connectivity index (χ1) is 14.5. The predicted octanol–water partition coefficient (Wildman–Crippen LogP) is 4.67. The van der Waals surface area contributed by atoms with E-state index in [0.717, 1.165) is 50.8 Å². The zero-order valence-corrected chi connectivity index (χ0v) is 18.7. The summed E-state index contributed by atoms with van der Waals surface area (Å²) in [6.45, 7) is 2.72. The molecule has 1 atom stereocenters. The van der Waals surface area contributed by atoms with Gasteiger partial charge in [0.1, 0.15) is 0 Å². The Morgan fingerprint density at radius 1 is 1.10 bits per heavy atom. The molecule has 0 aliphatic heterocycles. The van der Waals surface area contributed by atoms with Crippen LogP contribution in [0.1, 0.15) is 74.4 Å². The minimum Gasteiger partial charge on any atom is -0.264 e. The second-order valence-electron chi connectivity index (χ2n) is 8.81. The van der Waals surface area contributed by atoms with E-state index in [-0.39, 0.29) is 6.04 Å². The number of fused-ring (bicyclic) bond motifs is 1. The number of nitrogens with one attached hydrogen (secondary N) is 1. The quantitative estimate of drug-likeness (QED) is 0.698. The predicted molar refractivity (Wildman–Crippen MR) is 122 cm³/mol. The Balaban J connectivity index is 1.51. The van der Waals surface area contributed by atoms with Gasteiger partial charge in [0.15, 0.2) is 0 Å². The summed E-state index contributed by atoms with van der Waals surface area (Å²) in [5.41, 5.74) is 4.48. The zero-order valence-electron chi connectivity index (χ0n) is 17.9. The molecule has 0 unspecified atom stereocenters. The zero-order chi connectivity index (χ0) is 21.0. The van der Waals surface area contributed by atoms with Crippen LogP contribution in [0.25, 0.3) is 6.08 Å². The highest BCUT2D eigenvalue weighted by molar-refractivity contribution is 7.92. The molecule has 2 aliphatic rings. The van der Waals surface area contributed by atoms with Gasteiger partial charge in [0.05, 0.1) is 12.2 Å². The molecule has 2 aromatic rings. The normalized spacial score (nSPS) is 19.1. The fraction of sp³-hybridized carbons (Fsp3) is 0.542. The van der Waals surface area contributed by atoms with Crippen molar-refractivity contribution in [2.24, 2.45) is 5.92 Å². The molecule has 0 bridgehead atoms. The molecule has 1 saturated carbocycles. The summed E-state index contributed by atoms with van der Waals surface area (Å²) >= 11 is 0. The molecule has 1 aromatic heterocycles. The Bertz CT molecular complexity index is 973. The van der Waals surface area contributed by atoms with Crippen molar-refractivity contribution in [3.05, 3.63) is 58.3 Å². The largest absolute Gasteiger partial charge is 0.264 e. The lowest BCUT2D eigenvalue weighted by atomic mass is 9.85. The number of hydrogen-bond acceptors (Lipinski definition) is 3. The number of benzene rings is 1. The molecule has 0 radical (unpaired) electrons. The fourth-order valence-electron chi connectivity index (χ4n) is 4.90. The molecule has 0 amide bonds. The Morgan fingerprint density at radius 3 is 2.60 bits per heavy atom. The summed E-state index contributed by atoms with van der Waals surface area (Å²) < 4.78 is 30.3. The van der Waals surface area contributed by atoms with E-state index in [9.17, 15) is 8.42 Å². The van der Waals surface area contributed by atoms with Crippen LogP contribution in [0.2, 0.25) is 0 Å². The van der Waals surface area contributed by atoms with Gasteiger partial charge in [-0.2, -0.15) is 5.10 Å². The average Bonchev–Trinajstić information content (AvgIpc) is 3.11. The first-order valence-corrected chi connectivity index (χ1v) is 12.9. The molecule has 1 N–H and O–H groups in total. The van der Waals surface area contributed by atoms with Crippen molar-refractivity contribution < 1.29 is 8.42 Å². The van der Waals surface area contributed by atoms with Crippen molar-refractivity contribution in [3.8, 4) is 0 Å². The van der Waals surface area contributed by atoms with Gasteiger partial charge < -0.3 is 0 Å². The van der Waals surface area contributed by atoms with E-state index in [1.165, 1.54) is 41.5 Å². The van der Waals surface area contributed by atoms with Crippen molar-refractivity contribution in [2.75, 3.05) is 0 Å². The number of aromatic nitrogens is 2. The highest BCUT2D eigenvalue weighted by Gasteiger charge is 2.24. The van der Waals surface area contributed by atoms with Gasteiger partial charge in [-0.15, -0.1) is 0 Å². The minimum atomic E-state index is -3.48. The van der Waals surface area contributed by atoms with Crippen LogP contribution >= 0.6 is 0 Å². The van der Waals surface area contributed by atoms with Crippen LogP contribution in [0.4, 0.5) is 0 Å². The minimum absolute atomic E-state index is 0.0236. The van der Waals surface area contributed by atoms with Crippen molar-refractivity contribution >= 4 is 16.1 Å². The number of hydrogen-bond donors (Lipinski definition) is 1. The second kappa shape index (κ2) is 9.48. The maximum absolute atomic E-state index is 12.7. The van der Waals surface area contributed by atoms with E-state index < -0.39 is 10.0 Å². The van der Waals surface area contributed by atoms with Crippen LogP contribution in [0.15, 0.2) is 35.7 Å². The summed E-state index contributed by atoms with van der Waals surface area (Å²) in [6, 6.07) is 10.3. The topological polar surface area (TPSA) is 64.0 Å². The lowest BCUT2D eigenvalue weighted by Crippen LogP contribution is -2.37. The molecular weight excluding hydrogens is 394 g/mol. The summed E-state index contributed by atoms with van der Waals surface area (Å²) in [7, 11) is -3.48. The SMILES string of the molecule is C[C@@H](NS(=O)(=O)C=Cc1nn(Cc2ccccc2)c2c1CCCC2)C1CCCCC1. The highest BCUT2D eigenvalue weighted by Crippen LogP contribution is 2.28. The standard InChI is InChI=1S/C24H33N3O2S/c1-19(21-12-6-3-7-13-21)26-30(28,29)17-16-23-22-14-8-9-15-24(22)27(25-23)18-20-10-4-2-5-11-20/h2,4-5,10-11,16-17,19,21,26H,3,6-9,12-15,18H2,1H3/t19-/m1/s1. The Labute approximate surface area is 180 Å². The second-order valence-corrected chi connectivity index (χ2v) is 10.4. The van der Waals surface area contributed by atoms with Crippen LogP contribution in [0.5, 0.6) is 0 Å². The smallest absolute Gasteiger partial charge is 0.234 e. The first kappa shape index (κ1) is 21.3. The number of sulfonamides is 1. The summed E-state index contributed by atoms with van der Waals surface area (Å²) in [5, 5.41) is 6.11. The third kappa shape index (κ3) is 5.22. The van der Waals surface area contributed by atoms with Gasteiger partial charge in [-0.3, -0.25) is 4.68 Å². The van der Waals surface area contributed by atoms with Gasteiger partial charge >= 0.3 is 0 Å². The Kier molecular flexibility index (Phi) is 6.74. The molecule has 30 heavy (non-hydrogen) atoms. The van der Waals surface area contributed by atoms with Crippen LogP contribution in [0, 0.1) is 5.92 Å². The van der Waals surface area contributed by atoms with E-state index in [1.807, 2.05) is 25.1 Å². The average molecular weight is 428 g/mol. The number of rotatable bonds is 7. The van der Waals surface area contributed by atoms with Gasteiger partial charge in [-0.25, -0.2) is 13.1 Å². The maximum atomic E-state index is 12.7. The van der Waals surface area contributed by atoms with Crippen molar-refractivity contribution in [2.45, 2.75) is 77.3 Å². The van der Waals surface area contributed by atoms with Crippen molar-refractivity contribution in [3.63, 3.8) is 0 Å². The summed E-state index contributed by atoms with van der Waals surface area (Å²) in [6.07, 6.45) is 11.9. The number of nitrogens with zero attached hydrogens (tertiary/aromatic N) is 2. The Morgan fingerprint density at radius 2 is 1.83 bits per heavy atom. The molecule has 0 saturated heterocycles. The lowest BCUT2D eigenvalue weighted by molar-refractivity contribution is 0.303. The van der Waals surface area contributed by atoms with Crippen molar-refractivity contribution in [1.29, 1.82) is 0 Å². The van der Waals surface area contributed by atoms with Crippen LogP contribution < -0.4 is 4.72 Å². The third-order valence-corrected chi connectivity index (χ3v) is 7.77. The molecule has 1 fully saturated rings. The fourth-order valence-corrected chi connectivity index (χ4v) is 6.00. The summed E-state index contributed by atoms with van der Waals surface area (Å²) in [4.78, 5) is 0. The van der Waals surface area contributed by atoms with Crippen LogP contribution in [-0.2, 0) is 29.4 Å². The highest BCUT2D eigenvalue weighted by atomic mass is 32.2. The lowest BCUT2D eigenvalue weighted by Gasteiger charge is -2.27. The molecule has 2 aliphatic carbocycles. The molecule has 162 valence electrons. The Hall–Kier alpha value is -1.92. The van der Waals surface area contributed by atoms with Gasteiger partial charge in [-0.05, 0) is 63.0 Å². The van der Waals surface area contributed by atoms with E-state index >= 15 is 0 Å². The van der Waals surface area contributed by atoms with E-state index in [4.69, 9.17) is 5.10 Å². The molecule has 0 spiro atoms. The van der Waals surface area contributed by atoms with Gasteiger partial charge in [0.2, 0.25) is 10.0 Å². The van der Waals surface area contributed by atoms with Gasteiger partial charge in [0, 0.05) is 22.7 Å². The van der Waals surface area contributed by atoms with E-state index in [1.54, 1.807) is 6.08 Å². The maximum Gasteiger partial charge on any atom is 0.234 e. The van der Waals surface area contributed by atoms with Gasteiger partial charge in [-0.1, -0.05) is 49.6 Å². The first-order valence-electron chi connectivity index (χ1n) is 11.3. The van der Waals surface area contributed by atoms with Crippen LogP contribution in [-0.4, -0.2) is 24.2 Å². The molecular formula is C24H33N3O2S. The molecule has 6 heteroatoms.